The van der Waals surface area contributed by atoms with Gasteiger partial charge in [0.15, 0.2) is 5.71 Å². The molecule has 0 radical (unpaired) electrons. The third-order valence-corrected chi connectivity index (χ3v) is 7.38. The molecule has 5 aliphatic rings. The molecule has 0 aromatic carbocycles. The summed E-state index contributed by atoms with van der Waals surface area (Å²) in [6.07, 6.45) is 5.05. The van der Waals surface area contributed by atoms with Gasteiger partial charge in [-0.2, -0.15) is 0 Å². The molecule has 1 saturated heterocycles. The van der Waals surface area contributed by atoms with E-state index in [4.69, 9.17) is 9.57 Å². The second-order valence-electron chi connectivity index (χ2n) is 8.29. The molecule has 23 heavy (non-hydrogen) atoms. The average molecular weight is 318 g/mol. The van der Waals surface area contributed by atoms with Crippen molar-refractivity contribution in [2.24, 2.45) is 22.4 Å². The summed E-state index contributed by atoms with van der Waals surface area (Å²) in [5.74, 6) is 0.284. The smallest absolute Gasteiger partial charge is 0.417 e. The number of fused-ring (bicyclic) bond motifs is 2. The minimum absolute atomic E-state index is 0.0220. The van der Waals surface area contributed by atoms with Gasteiger partial charge in [0.05, 0.1) is 5.54 Å². The lowest BCUT2D eigenvalue weighted by Crippen LogP contribution is -2.59. The summed E-state index contributed by atoms with van der Waals surface area (Å²) in [4.78, 5) is 32.6. The van der Waals surface area contributed by atoms with Crippen molar-refractivity contribution in [3.8, 4) is 0 Å². The summed E-state index contributed by atoms with van der Waals surface area (Å²) < 4.78 is 5.62. The molecule has 5 rings (SSSR count). The molecule has 0 N–H and O–H groups in total. The van der Waals surface area contributed by atoms with Crippen molar-refractivity contribution >= 4 is 17.7 Å². The molecule has 1 spiro atoms. The van der Waals surface area contributed by atoms with Gasteiger partial charge < -0.3 is 9.57 Å². The van der Waals surface area contributed by atoms with Crippen molar-refractivity contribution < 1.29 is 19.2 Å². The number of ether oxygens (including phenoxy) is 1. The van der Waals surface area contributed by atoms with Crippen LogP contribution in [0.4, 0.5) is 4.79 Å². The Morgan fingerprint density at radius 3 is 2.91 bits per heavy atom. The third kappa shape index (κ3) is 1.40. The van der Waals surface area contributed by atoms with Crippen LogP contribution in [0.15, 0.2) is 5.16 Å². The Bertz CT molecular complexity index is 643. The molecule has 3 saturated carbocycles. The minimum atomic E-state index is -0.495. The molecule has 2 heterocycles. The molecule has 6 heteroatoms. The fourth-order valence-electron chi connectivity index (χ4n) is 6.03. The summed E-state index contributed by atoms with van der Waals surface area (Å²) in [6.45, 7) is 4.36. The van der Waals surface area contributed by atoms with E-state index in [-0.39, 0.29) is 29.4 Å². The number of carbonyl (C=O) groups excluding carboxylic acids is 2. The van der Waals surface area contributed by atoms with Crippen LogP contribution in [0.2, 0.25) is 0 Å². The van der Waals surface area contributed by atoms with Crippen molar-refractivity contribution in [2.45, 2.75) is 70.1 Å². The SMILES string of the molecule is CC1(C)[C@@H]2CC[C@]13[C@@H](C2)OC(=O)N3C(=O)C1=NO[C@@H]2CCC[C@H]12. The van der Waals surface area contributed by atoms with Crippen LogP contribution in [0.3, 0.4) is 0 Å². The lowest BCUT2D eigenvalue weighted by Gasteiger charge is -2.41. The molecular formula is C17H22N2O4. The second kappa shape index (κ2) is 4.08. The van der Waals surface area contributed by atoms with Gasteiger partial charge in [-0.05, 0) is 49.9 Å². The molecular weight excluding hydrogens is 296 g/mol. The first kappa shape index (κ1) is 13.8. The fraction of sp³-hybridized carbons (Fsp3) is 0.824. The van der Waals surface area contributed by atoms with Gasteiger partial charge >= 0.3 is 6.09 Å². The van der Waals surface area contributed by atoms with Gasteiger partial charge in [0, 0.05) is 5.92 Å². The first-order valence-electron chi connectivity index (χ1n) is 8.75. The zero-order valence-electron chi connectivity index (χ0n) is 13.6. The summed E-state index contributed by atoms with van der Waals surface area (Å²) in [7, 11) is 0. The normalized spacial score (nSPS) is 45.6. The van der Waals surface area contributed by atoms with E-state index >= 15 is 0 Å². The third-order valence-electron chi connectivity index (χ3n) is 7.38. The first-order chi connectivity index (χ1) is 11.0. The van der Waals surface area contributed by atoms with E-state index in [1.54, 1.807) is 0 Å². The Hall–Kier alpha value is -1.59. The highest BCUT2D eigenvalue weighted by Gasteiger charge is 2.74. The molecule has 3 aliphatic carbocycles. The number of amides is 2. The maximum atomic E-state index is 13.2. The molecule has 6 nitrogen and oxygen atoms in total. The first-order valence-corrected chi connectivity index (χ1v) is 8.75. The zero-order valence-corrected chi connectivity index (χ0v) is 13.6. The zero-order chi connectivity index (χ0) is 16.0. The van der Waals surface area contributed by atoms with E-state index in [9.17, 15) is 9.59 Å². The van der Waals surface area contributed by atoms with Crippen molar-refractivity contribution in [3.05, 3.63) is 0 Å². The summed E-state index contributed by atoms with van der Waals surface area (Å²) in [5, 5.41) is 4.06. The summed E-state index contributed by atoms with van der Waals surface area (Å²) in [6, 6.07) is 0. The van der Waals surface area contributed by atoms with Crippen molar-refractivity contribution in [1.82, 2.24) is 4.90 Å². The number of rotatable bonds is 1. The molecule has 0 unspecified atom stereocenters. The molecule has 2 bridgehead atoms. The molecule has 0 aromatic heterocycles. The minimum Gasteiger partial charge on any atom is -0.443 e. The molecule has 4 fully saturated rings. The number of oxime groups is 1. The van der Waals surface area contributed by atoms with E-state index < -0.39 is 11.6 Å². The standard InChI is InChI=1S/C17H22N2O4/c1-16(2)9-6-7-17(16)12(8-9)22-15(21)19(17)14(20)13-10-4-3-5-11(10)23-18-13/h9-12H,3-8H2,1-2H3/t9-,10+,11-,12-,17+/m1/s1. The fourth-order valence-corrected chi connectivity index (χ4v) is 6.03. The molecule has 5 atom stereocenters. The van der Waals surface area contributed by atoms with Crippen LogP contribution >= 0.6 is 0 Å². The highest BCUT2D eigenvalue weighted by atomic mass is 16.6. The van der Waals surface area contributed by atoms with Crippen molar-refractivity contribution in [3.63, 3.8) is 0 Å². The number of nitrogens with zero attached hydrogens (tertiary/aromatic N) is 2. The molecule has 2 amide bonds. The van der Waals surface area contributed by atoms with E-state index in [2.05, 4.69) is 19.0 Å². The maximum Gasteiger partial charge on any atom is 0.417 e. The molecule has 124 valence electrons. The van der Waals surface area contributed by atoms with Crippen molar-refractivity contribution in [1.29, 1.82) is 0 Å². The Morgan fingerprint density at radius 1 is 1.30 bits per heavy atom. The van der Waals surface area contributed by atoms with Crippen LogP contribution in [-0.4, -0.2) is 40.4 Å². The van der Waals surface area contributed by atoms with Crippen LogP contribution in [-0.2, 0) is 14.4 Å². The summed E-state index contributed by atoms with van der Waals surface area (Å²) in [5.41, 5.74) is -0.162. The largest absolute Gasteiger partial charge is 0.443 e. The van der Waals surface area contributed by atoms with Crippen LogP contribution in [0.5, 0.6) is 0 Å². The van der Waals surface area contributed by atoms with Gasteiger partial charge in [0.25, 0.3) is 5.91 Å². The van der Waals surface area contributed by atoms with E-state index in [0.29, 0.717) is 11.6 Å². The second-order valence-corrected chi connectivity index (χ2v) is 8.29. The highest BCUT2D eigenvalue weighted by molar-refractivity contribution is 6.42. The molecule has 2 aliphatic heterocycles. The lowest BCUT2D eigenvalue weighted by molar-refractivity contribution is -0.127. The predicted octanol–water partition coefficient (Wildman–Crippen LogP) is 2.47. The van der Waals surface area contributed by atoms with Crippen LogP contribution in [0.1, 0.15) is 52.4 Å². The van der Waals surface area contributed by atoms with E-state index in [1.165, 1.54) is 4.90 Å². The quantitative estimate of drug-likeness (QED) is 0.745. The van der Waals surface area contributed by atoms with Gasteiger partial charge in [-0.25, -0.2) is 9.69 Å². The van der Waals surface area contributed by atoms with Crippen molar-refractivity contribution in [2.75, 3.05) is 0 Å². The monoisotopic (exact) mass is 318 g/mol. The van der Waals surface area contributed by atoms with Gasteiger partial charge in [0.2, 0.25) is 0 Å². The Balaban J connectivity index is 1.54. The number of hydrogen-bond donors (Lipinski definition) is 0. The van der Waals surface area contributed by atoms with Gasteiger partial charge in [-0.3, -0.25) is 4.79 Å². The van der Waals surface area contributed by atoms with Gasteiger partial charge in [-0.1, -0.05) is 19.0 Å². The number of imide groups is 1. The predicted molar refractivity (Wildman–Crippen MR) is 80.6 cm³/mol. The number of hydrogen-bond acceptors (Lipinski definition) is 5. The van der Waals surface area contributed by atoms with Crippen LogP contribution in [0.25, 0.3) is 0 Å². The molecule has 0 aromatic rings. The van der Waals surface area contributed by atoms with Gasteiger partial charge in [0.1, 0.15) is 12.2 Å². The van der Waals surface area contributed by atoms with Crippen LogP contribution < -0.4 is 0 Å². The average Bonchev–Trinajstić information content (AvgIpc) is 3.23. The van der Waals surface area contributed by atoms with Crippen LogP contribution in [0, 0.1) is 17.3 Å². The van der Waals surface area contributed by atoms with Gasteiger partial charge in [-0.15, -0.1) is 0 Å². The summed E-state index contributed by atoms with van der Waals surface area (Å²) >= 11 is 0. The van der Waals surface area contributed by atoms with E-state index in [0.717, 1.165) is 38.5 Å². The lowest BCUT2D eigenvalue weighted by atomic mass is 9.74. The van der Waals surface area contributed by atoms with E-state index in [1.807, 2.05) is 0 Å². The Kier molecular flexibility index (Phi) is 2.45. The number of carbonyl (C=O) groups is 2. The highest BCUT2D eigenvalue weighted by Crippen LogP contribution is 2.66. The topological polar surface area (TPSA) is 68.2 Å². The Morgan fingerprint density at radius 2 is 2.13 bits per heavy atom. The maximum absolute atomic E-state index is 13.2. The Labute approximate surface area is 135 Å².